The Kier molecular flexibility index (Phi) is 6.68. The number of para-hydroxylation sites is 2. The minimum absolute atomic E-state index is 0.0835. The number of thioether (sulfide) groups is 1. The number of fused-ring (bicyclic) bond motifs is 1. The third-order valence-corrected chi connectivity index (χ3v) is 5.74. The van der Waals surface area contributed by atoms with Gasteiger partial charge < -0.3 is 19.6 Å². The number of aromatic nitrogens is 2. The number of nitrogens with one attached hydrogen (secondary N) is 1. The van der Waals surface area contributed by atoms with Crippen molar-refractivity contribution in [2.45, 2.75) is 11.8 Å². The standard InChI is InChI=1S/C24H19ClN2O4S/c1-30-20-12-16(11-17(25)22(20)31-14-15-7-3-2-4-8-15)13-21(23(28)29)32-24-26-18-9-5-6-10-19(18)27-24/h2-13H,14H2,1H3,(H,26,27)(H,28,29)/b21-13-. The van der Waals surface area contributed by atoms with Crippen molar-refractivity contribution < 1.29 is 19.4 Å². The van der Waals surface area contributed by atoms with Crippen LogP contribution in [0.1, 0.15) is 11.1 Å². The van der Waals surface area contributed by atoms with Crippen LogP contribution in [0.15, 0.2) is 76.8 Å². The summed E-state index contributed by atoms with van der Waals surface area (Å²) < 4.78 is 11.3. The van der Waals surface area contributed by atoms with E-state index in [1.165, 1.54) is 13.2 Å². The summed E-state index contributed by atoms with van der Waals surface area (Å²) in [5.74, 6) is -0.259. The summed E-state index contributed by atoms with van der Waals surface area (Å²) in [6.07, 6.45) is 1.52. The third-order valence-electron chi connectivity index (χ3n) is 4.56. The maximum Gasteiger partial charge on any atom is 0.342 e. The molecule has 0 aliphatic heterocycles. The van der Waals surface area contributed by atoms with E-state index in [1.807, 2.05) is 54.6 Å². The van der Waals surface area contributed by atoms with E-state index in [9.17, 15) is 9.90 Å². The van der Waals surface area contributed by atoms with Gasteiger partial charge in [0.1, 0.15) is 11.5 Å². The average molecular weight is 467 g/mol. The second kappa shape index (κ2) is 9.80. The molecule has 162 valence electrons. The molecule has 8 heteroatoms. The van der Waals surface area contributed by atoms with Crippen LogP contribution in [-0.4, -0.2) is 28.2 Å². The summed E-state index contributed by atoms with van der Waals surface area (Å²) in [6, 6.07) is 20.5. The Morgan fingerprint density at radius 1 is 1.16 bits per heavy atom. The van der Waals surface area contributed by atoms with Crippen molar-refractivity contribution in [3.8, 4) is 11.5 Å². The Morgan fingerprint density at radius 2 is 1.91 bits per heavy atom. The predicted octanol–water partition coefficient (Wildman–Crippen LogP) is 6.02. The van der Waals surface area contributed by atoms with Crippen LogP contribution in [0.3, 0.4) is 0 Å². The molecule has 1 aromatic heterocycles. The summed E-state index contributed by atoms with van der Waals surface area (Å²) in [6.45, 7) is 0.328. The molecule has 0 saturated carbocycles. The van der Waals surface area contributed by atoms with Crippen molar-refractivity contribution in [3.05, 3.63) is 87.8 Å². The molecule has 3 aromatic carbocycles. The number of imidazole rings is 1. The fraction of sp³-hybridized carbons (Fsp3) is 0.0833. The fourth-order valence-electron chi connectivity index (χ4n) is 3.06. The van der Waals surface area contributed by atoms with Gasteiger partial charge in [-0.2, -0.15) is 0 Å². The number of benzene rings is 3. The van der Waals surface area contributed by atoms with Gasteiger partial charge in [-0.3, -0.25) is 0 Å². The number of ether oxygens (including phenoxy) is 2. The lowest BCUT2D eigenvalue weighted by molar-refractivity contribution is -0.131. The predicted molar refractivity (Wildman–Crippen MR) is 126 cm³/mol. The molecule has 0 radical (unpaired) electrons. The van der Waals surface area contributed by atoms with Gasteiger partial charge in [0.25, 0.3) is 0 Å². The highest BCUT2D eigenvalue weighted by atomic mass is 35.5. The lowest BCUT2D eigenvalue weighted by atomic mass is 10.2. The number of nitrogens with zero attached hydrogens (tertiary/aromatic N) is 1. The lowest BCUT2D eigenvalue weighted by Crippen LogP contribution is -2.00. The largest absolute Gasteiger partial charge is 0.493 e. The molecule has 0 unspecified atom stereocenters. The maximum absolute atomic E-state index is 11.9. The zero-order valence-electron chi connectivity index (χ0n) is 17.0. The maximum atomic E-state index is 11.9. The summed E-state index contributed by atoms with van der Waals surface area (Å²) >= 11 is 7.48. The van der Waals surface area contributed by atoms with Gasteiger partial charge in [0.05, 0.1) is 23.2 Å². The van der Waals surface area contributed by atoms with Crippen LogP contribution in [0.2, 0.25) is 5.02 Å². The first-order valence-corrected chi connectivity index (χ1v) is 10.8. The van der Waals surface area contributed by atoms with Gasteiger partial charge in [0.15, 0.2) is 16.7 Å². The molecule has 0 bridgehead atoms. The van der Waals surface area contributed by atoms with Crippen LogP contribution in [0.4, 0.5) is 0 Å². The number of H-pyrrole nitrogens is 1. The third kappa shape index (κ3) is 5.07. The van der Waals surface area contributed by atoms with E-state index >= 15 is 0 Å². The molecule has 2 N–H and O–H groups in total. The van der Waals surface area contributed by atoms with E-state index < -0.39 is 5.97 Å². The number of carbonyl (C=O) groups is 1. The molecule has 4 aromatic rings. The monoisotopic (exact) mass is 466 g/mol. The summed E-state index contributed by atoms with van der Waals surface area (Å²) in [7, 11) is 1.51. The van der Waals surface area contributed by atoms with Crippen molar-refractivity contribution in [2.24, 2.45) is 0 Å². The molecular weight excluding hydrogens is 448 g/mol. The highest BCUT2D eigenvalue weighted by molar-refractivity contribution is 8.04. The van der Waals surface area contributed by atoms with Crippen molar-refractivity contribution in [1.82, 2.24) is 9.97 Å². The van der Waals surface area contributed by atoms with Gasteiger partial charge in [0, 0.05) is 0 Å². The van der Waals surface area contributed by atoms with E-state index in [-0.39, 0.29) is 4.91 Å². The van der Waals surface area contributed by atoms with Crippen LogP contribution in [0.5, 0.6) is 11.5 Å². The van der Waals surface area contributed by atoms with Crippen molar-refractivity contribution >= 4 is 46.4 Å². The molecule has 0 aliphatic carbocycles. The topological polar surface area (TPSA) is 84.4 Å². The molecule has 0 aliphatic rings. The number of hydrogen-bond acceptors (Lipinski definition) is 5. The molecule has 4 rings (SSSR count). The fourth-order valence-corrected chi connectivity index (χ4v) is 4.13. The Labute approximate surface area is 193 Å². The molecule has 0 atom stereocenters. The van der Waals surface area contributed by atoms with E-state index in [1.54, 1.807) is 12.1 Å². The summed E-state index contributed by atoms with van der Waals surface area (Å²) in [5, 5.41) is 10.5. The van der Waals surface area contributed by atoms with Crippen LogP contribution >= 0.6 is 23.4 Å². The van der Waals surface area contributed by atoms with E-state index in [0.29, 0.717) is 33.8 Å². The second-order valence-corrected chi connectivity index (χ2v) is 8.22. The molecular formula is C24H19ClN2O4S. The highest BCUT2D eigenvalue weighted by Gasteiger charge is 2.16. The lowest BCUT2D eigenvalue weighted by Gasteiger charge is -2.13. The zero-order valence-corrected chi connectivity index (χ0v) is 18.6. The van der Waals surface area contributed by atoms with Gasteiger partial charge in [-0.05, 0) is 53.2 Å². The van der Waals surface area contributed by atoms with Gasteiger partial charge in [-0.15, -0.1) is 0 Å². The number of halogens is 1. The Morgan fingerprint density at radius 3 is 2.62 bits per heavy atom. The molecule has 0 saturated heterocycles. The van der Waals surface area contributed by atoms with Crippen LogP contribution in [0, 0.1) is 0 Å². The van der Waals surface area contributed by atoms with Gasteiger partial charge >= 0.3 is 5.97 Å². The normalized spacial score (nSPS) is 11.5. The molecule has 1 heterocycles. The van der Waals surface area contributed by atoms with Crippen LogP contribution in [0.25, 0.3) is 17.1 Å². The second-order valence-electron chi connectivity index (χ2n) is 6.78. The highest BCUT2D eigenvalue weighted by Crippen LogP contribution is 2.38. The Bertz CT molecular complexity index is 1250. The number of rotatable bonds is 8. The van der Waals surface area contributed by atoms with Gasteiger partial charge in [-0.25, -0.2) is 9.78 Å². The Balaban J connectivity index is 1.60. The minimum Gasteiger partial charge on any atom is -0.493 e. The molecule has 6 nitrogen and oxygen atoms in total. The first-order chi connectivity index (χ1) is 15.5. The summed E-state index contributed by atoms with van der Waals surface area (Å²) in [5.41, 5.74) is 3.17. The van der Waals surface area contributed by atoms with Gasteiger partial charge in [0.2, 0.25) is 0 Å². The van der Waals surface area contributed by atoms with Crippen molar-refractivity contribution in [1.29, 1.82) is 0 Å². The number of methoxy groups -OCH3 is 1. The van der Waals surface area contributed by atoms with E-state index in [4.69, 9.17) is 21.1 Å². The number of aliphatic carboxylic acids is 1. The molecule has 0 spiro atoms. The number of aromatic amines is 1. The average Bonchev–Trinajstić information content (AvgIpc) is 3.20. The van der Waals surface area contributed by atoms with Crippen LogP contribution in [-0.2, 0) is 11.4 Å². The number of carboxylic acids is 1. The van der Waals surface area contributed by atoms with Crippen molar-refractivity contribution in [2.75, 3.05) is 7.11 Å². The minimum atomic E-state index is -1.07. The smallest absolute Gasteiger partial charge is 0.342 e. The first kappa shape index (κ1) is 21.8. The molecule has 0 fully saturated rings. The quantitative estimate of drug-likeness (QED) is 0.244. The van der Waals surface area contributed by atoms with Gasteiger partial charge in [-0.1, -0.05) is 54.1 Å². The zero-order chi connectivity index (χ0) is 22.5. The summed E-state index contributed by atoms with van der Waals surface area (Å²) in [4.78, 5) is 19.5. The van der Waals surface area contributed by atoms with Crippen molar-refractivity contribution in [3.63, 3.8) is 0 Å². The van der Waals surface area contributed by atoms with Crippen LogP contribution < -0.4 is 9.47 Å². The van der Waals surface area contributed by atoms with E-state index in [0.717, 1.165) is 28.4 Å². The Hall–Kier alpha value is -3.42. The number of carboxylic acid groups (broad SMARTS) is 1. The molecule has 32 heavy (non-hydrogen) atoms. The van der Waals surface area contributed by atoms with E-state index in [2.05, 4.69) is 9.97 Å². The number of hydrogen-bond donors (Lipinski definition) is 2. The SMILES string of the molecule is COc1cc(/C=C(\Sc2nc3ccccc3[nH]2)C(=O)O)cc(Cl)c1OCc1ccccc1. The molecule has 0 amide bonds. The first-order valence-electron chi connectivity index (χ1n) is 9.65.